The fraction of sp³-hybridized carbons (Fsp3) is 0.143. The molecule has 0 atom stereocenters. The average molecular weight is 580 g/mol. The number of rotatable bonds is 3. The highest BCUT2D eigenvalue weighted by molar-refractivity contribution is 5.87. The predicted octanol–water partition coefficient (Wildman–Crippen LogP) is 10.3. The van der Waals surface area contributed by atoms with Crippen LogP contribution in [-0.4, -0.2) is 14.4 Å². The summed E-state index contributed by atoms with van der Waals surface area (Å²) in [5, 5.41) is 0. The molecular formula is C42H33N3. The van der Waals surface area contributed by atoms with E-state index in [9.17, 15) is 0 Å². The van der Waals surface area contributed by atoms with E-state index in [1.165, 1.54) is 44.5 Å². The molecule has 0 spiro atoms. The van der Waals surface area contributed by atoms with E-state index in [1.54, 1.807) is 0 Å². The van der Waals surface area contributed by atoms with Gasteiger partial charge in [0.05, 0.1) is 17.6 Å². The lowest BCUT2D eigenvalue weighted by atomic mass is 9.82. The zero-order valence-corrected chi connectivity index (χ0v) is 26.0. The topological polar surface area (TPSA) is 30.2 Å². The number of nitrogens with zero attached hydrogens (tertiary/aromatic N) is 3. The van der Waals surface area contributed by atoms with Crippen LogP contribution in [0.25, 0.3) is 61.7 Å². The van der Waals surface area contributed by atoms with Crippen LogP contribution >= 0.6 is 0 Å². The Balaban J connectivity index is 1.27. The largest absolute Gasteiger partial charge is 0.296 e. The van der Waals surface area contributed by atoms with E-state index in [-0.39, 0.29) is 10.8 Å². The van der Waals surface area contributed by atoms with Crippen LogP contribution in [0.15, 0.2) is 128 Å². The summed E-state index contributed by atoms with van der Waals surface area (Å²) in [6.45, 7) is 9.32. The normalized spacial score (nSPS) is 15.0. The molecule has 0 amide bonds. The molecule has 2 aliphatic carbocycles. The summed E-state index contributed by atoms with van der Waals surface area (Å²) < 4.78 is 2.23. The molecule has 0 bridgehead atoms. The Bertz CT molecular complexity index is 2320. The lowest BCUT2D eigenvalue weighted by Crippen LogP contribution is -2.15. The van der Waals surface area contributed by atoms with E-state index >= 15 is 0 Å². The summed E-state index contributed by atoms with van der Waals surface area (Å²) in [5.41, 5.74) is 17.6. The van der Waals surface area contributed by atoms with Crippen molar-refractivity contribution in [3.63, 3.8) is 0 Å². The monoisotopic (exact) mass is 579 g/mol. The lowest BCUT2D eigenvalue weighted by molar-refractivity contribution is 0.660. The predicted molar refractivity (Wildman–Crippen MR) is 184 cm³/mol. The molecule has 0 unspecified atom stereocenters. The first-order valence-corrected chi connectivity index (χ1v) is 15.8. The van der Waals surface area contributed by atoms with Crippen molar-refractivity contribution in [1.29, 1.82) is 0 Å². The smallest absolute Gasteiger partial charge is 0.164 e. The Morgan fingerprint density at radius 2 is 1.04 bits per heavy atom. The number of hydrogen-bond acceptors (Lipinski definition) is 2. The van der Waals surface area contributed by atoms with E-state index in [2.05, 4.69) is 154 Å². The molecule has 0 N–H and O–H groups in total. The molecule has 45 heavy (non-hydrogen) atoms. The van der Waals surface area contributed by atoms with Gasteiger partial charge in [0.25, 0.3) is 0 Å². The van der Waals surface area contributed by atoms with E-state index in [1.807, 2.05) is 6.20 Å². The van der Waals surface area contributed by atoms with Crippen molar-refractivity contribution in [3.8, 4) is 56.0 Å². The zero-order valence-electron chi connectivity index (χ0n) is 26.0. The molecule has 2 heterocycles. The number of aromatic nitrogens is 3. The van der Waals surface area contributed by atoms with Gasteiger partial charge in [0.15, 0.2) is 5.65 Å². The van der Waals surface area contributed by atoms with Crippen molar-refractivity contribution in [1.82, 2.24) is 14.4 Å². The van der Waals surface area contributed by atoms with Gasteiger partial charge in [-0.15, -0.1) is 0 Å². The van der Waals surface area contributed by atoms with Gasteiger partial charge in [-0.3, -0.25) is 4.40 Å². The fourth-order valence-electron chi connectivity index (χ4n) is 7.86. The maximum absolute atomic E-state index is 5.41. The van der Waals surface area contributed by atoms with Crippen molar-refractivity contribution in [3.05, 3.63) is 150 Å². The Kier molecular flexibility index (Phi) is 5.30. The van der Waals surface area contributed by atoms with E-state index in [4.69, 9.17) is 9.97 Å². The molecule has 3 nitrogen and oxygen atoms in total. The minimum Gasteiger partial charge on any atom is -0.296 e. The standard InChI is InChI=1S/C42H33N3/c1-41(2)33-16-10-8-14-29(33)31-20-18-27(22-35(31)41)37-25-45-38(26-12-6-5-7-13-26)24-43-40(45)39(44-37)28-19-21-32-30-15-9-11-17-34(30)42(3,4)36(32)23-28/h5-25H,1-4H3. The van der Waals surface area contributed by atoms with Gasteiger partial charge in [0, 0.05) is 33.7 Å². The summed E-state index contributed by atoms with van der Waals surface area (Å²) >= 11 is 0. The Morgan fingerprint density at radius 1 is 0.511 bits per heavy atom. The van der Waals surface area contributed by atoms with Gasteiger partial charge in [-0.05, 0) is 56.6 Å². The number of hydrogen-bond donors (Lipinski definition) is 0. The van der Waals surface area contributed by atoms with Crippen LogP contribution in [0.3, 0.4) is 0 Å². The first-order chi connectivity index (χ1) is 21.8. The Morgan fingerprint density at radius 3 is 1.69 bits per heavy atom. The average Bonchev–Trinajstić information content (AvgIpc) is 3.68. The van der Waals surface area contributed by atoms with Crippen molar-refractivity contribution in [2.24, 2.45) is 0 Å². The molecule has 3 heteroatoms. The van der Waals surface area contributed by atoms with Gasteiger partial charge in [0.2, 0.25) is 0 Å². The minimum atomic E-state index is -0.0962. The number of fused-ring (bicyclic) bond motifs is 7. The molecule has 2 aromatic heterocycles. The van der Waals surface area contributed by atoms with Gasteiger partial charge in [-0.1, -0.05) is 131 Å². The van der Waals surface area contributed by atoms with Crippen LogP contribution in [-0.2, 0) is 10.8 Å². The fourth-order valence-corrected chi connectivity index (χ4v) is 7.86. The van der Waals surface area contributed by atoms with Crippen LogP contribution in [0.2, 0.25) is 0 Å². The van der Waals surface area contributed by atoms with Crippen LogP contribution in [0.5, 0.6) is 0 Å². The van der Waals surface area contributed by atoms with Crippen LogP contribution in [0.1, 0.15) is 49.9 Å². The van der Waals surface area contributed by atoms with Crippen LogP contribution in [0.4, 0.5) is 0 Å². The molecular weight excluding hydrogens is 546 g/mol. The SMILES string of the molecule is CC1(C)c2ccccc2-c2ccc(-c3cn4c(-c5ccccc5)cnc4c(-c4ccc5c(c4)C(C)(C)c4ccccc4-5)n3)cc21. The molecule has 9 rings (SSSR count). The van der Waals surface area contributed by atoms with E-state index in [0.717, 1.165) is 39.4 Å². The van der Waals surface area contributed by atoms with E-state index in [0.29, 0.717) is 0 Å². The van der Waals surface area contributed by atoms with Gasteiger partial charge in [0.1, 0.15) is 5.69 Å². The van der Waals surface area contributed by atoms with Crippen molar-refractivity contribution < 1.29 is 0 Å². The van der Waals surface area contributed by atoms with Gasteiger partial charge >= 0.3 is 0 Å². The maximum atomic E-state index is 5.41. The van der Waals surface area contributed by atoms with Gasteiger partial charge in [-0.2, -0.15) is 0 Å². The third kappa shape index (κ3) is 3.64. The van der Waals surface area contributed by atoms with Crippen molar-refractivity contribution in [2.45, 2.75) is 38.5 Å². The summed E-state index contributed by atoms with van der Waals surface area (Å²) in [5.74, 6) is 0. The first kappa shape index (κ1) is 26.2. The number of imidazole rings is 1. The van der Waals surface area contributed by atoms with Crippen molar-refractivity contribution in [2.75, 3.05) is 0 Å². The lowest BCUT2D eigenvalue weighted by Gasteiger charge is -2.22. The molecule has 0 saturated heterocycles. The third-order valence-corrected chi connectivity index (χ3v) is 10.3. The van der Waals surface area contributed by atoms with E-state index < -0.39 is 0 Å². The Hall–Kier alpha value is -5.28. The number of benzene rings is 5. The molecule has 0 aliphatic heterocycles. The first-order valence-electron chi connectivity index (χ1n) is 15.8. The molecule has 0 radical (unpaired) electrons. The van der Waals surface area contributed by atoms with Crippen molar-refractivity contribution >= 4 is 5.65 Å². The second kappa shape index (κ2) is 9.12. The summed E-state index contributed by atoms with van der Waals surface area (Å²) in [6.07, 6.45) is 4.15. The quantitative estimate of drug-likeness (QED) is 0.208. The summed E-state index contributed by atoms with van der Waals surface area (Å²) in [4.78, 5) is 10.4. The second-order valence-electron chi connectivity index (χ2n) is 13.5. The molecule has 7 aromatic rings. The van der Waals surface area contributed by atoms with Crippen LogP contribution < -0.4 is 0 Å². The molecule has 216 valence electrons. The maximum Gasteiger partial charge on any atom is 0.164 e. The highest BCUT2D eigenvalue weighted by Gasteiger charge is 2.37. The summed E-state index contributed by atoms with van der Waals surface area (Å²) in [7, 11) is 0. The molecule has 0 fully saturated rings. The zero-order chi connectivity index (χ0) is 30.5. The molecule has 0 saturated carbocycles. The summed E-state index contributed by atoms with van der Waals surface area (Å²) in [6, 6.07) is 41.8. The second-order valence-corrected chi connectivity index (χ2v) is 13.5. The highest BCUT2D eigenvalue weighted by Crippen LogP contribution is 2.51. The minimum absolute atomic E-state index is 0.0837. The van der Waals surface area contributed by atoms with Crippen LogP contribution in [0, 0.1) is 0 Å². The molecule has 5 aromatic carbocycles. The molecule has 2 aliphatic rings. The van der Waals surface area contributed by atoms with Gasteiger partial charge < -0.3 is 0 Å². The Labute approximate surface area is 263 Å². The van der Waals surface area contributed by atoms with Gasteiger partial charge in [-0.25, -0.2) is 9.97 Å². The third-order valence-electron chi connectivity index (χ3n) is 10.3. The highest BCUT2D eigenvalue weighted by atomic mass is 15.0.